The Hall–Kier alpha value is -0.480. The molecule has 0 saturated carbocycles. The number of rotatable bonds is 5. The lowest BCUT2D eigenvalue weighted by Gasteiger charge is -2.27. The Morgan fingerprint density at radius 1 is 1.11 bits per heavy atom. The van der Waals surface area contributed by atoms with Gasteiger partial charge in [0.05, 0.1) is 5.69 Å². The van der Waals surface area contributed by atoms with Crippen LogP contribution < -0.4 is 4.90 Å². The van der Waals surface area contributed by atoms with Crippen LogP contribution in [0.3, 0.4) is 0 Å². The molecule has 0 aliphatic heterocycles. The van der Waals surface area contributed by atoms with Crippen molar-refractivity contribution >= 4 is 30.9 Å². The quantitative estimate of drug-likeness (QED) is 0.723. The van der Waals surface area contributed by atoms with Crippen molar-refractivity contribution in [2.75, 3.05) is 29.5 Å². The molecule has 1 aromatic rings. The van der Waals surface area contributed by atoms with E-state index in [1.807, 2.05) is 6.07 Å². The third kappa shape index (κ3) is 4.02. The molecule has 0 bridgehead atoms. The van der Waals surface area contributed by atoms with Crippen molar-refractivity contribution in [2.45, 2.75) is 26.2 Å². The Bertz CT molecular complexity index is 382. The predicted molar refractivity (Wildman–Crippen MR) is 86.7 cm³/mol. The van der Waals surface area contributed by atoms with Gasteiger partial charge in [0.15, 0.2) is 0 Å². The molecule has 2 nitrogen and oxygen atoms in total. The molecule has 18 heavy (non-hydrogen) atoms. The summed E-state index contributed by atoms with van der Waals surface area (Å²) in [5.41, 5.74) is 2.18. The Morgan fingerprint density at radius 2 is 1.67 bits per heavy atom. The van der Waals surface area contributed by atoms with E-state index in [1.165, 1.54) is 5.56 Å². The van der Waals surface area contributed by atoms with Crippen molar-refractivity contribution in [3.63, 3.8) is 0 Å². The Balaban J connectivity index is 3.11. The van der Waals surface area contributed by atoms with Gasteiger partial charge in [-0.2, -0.15) is 25.3 Å². The van der Waals surface area contributed by atoms with Crippen LogP contribution in [0.15, 0.2) is 18.2 Å². The maximum Gasteiger partial charge on any atom is 0.138 e. The summed E-state index contributed by atoms with van der Waals surface area (Å²) in [6.45, 7) is 8.13. The highest BCUT2D eigenvalue weighted by atomic mass is 32.1. The lowest BCUT2D eigenvalue weighted by Crippen LogP contribution is -2.28. The number of anilines is 1. The van der Waals surface area contributed by atoms with Crippen molar-refractivity contribution in [2.24, 2.45) is 0 Å². The minimum atomic E-state index is 0.0794. The van der Waals surface area contributed by atoms with E-state index in [0.29, 0.717) is 5.75 Å². The van der Waals surface area contributed by atoms with Crippen LogP contribution in [-0.2, 0) is 5.41 Å². The summed E-state index contributed by atoms with van der Waals surface area (Å²) in [5, 5.41) is 10.0. The molecule has 0 aliphatic rings. The molecule has 0 amide bonds. The first-order valence-electron chi connectivity index (χ1n) is 6.20. The van der Waals surface area contributed by atoms with Crippen LogP contribution in [0.4, 0.5) is 5.69 Å². The van der Waals surface area contributed by atoms with E-state index in [4.69, 9.17) is 0 Å². The zero-order valence-electron chi connectivity index (χ0n) is 11.3. The minimum Gasteiger partial charge on any atom is -0.506 e. The first-order valence-corrected chi connectivity index (χ1v) is 7.47. The lowest BCUT2D eigenvalue weighted by molar-refractivity contribution is 0.473. The summed E-state index contributed by atoms with van der Waals surface area (Å²) in [6.07, 6.45) is 0. The molecule has 0 spiro atoms. The number of nitrogens with zero attached hydrogens (tertiary/aromatic N) is 1. The fourth-order valence-electron chi connectivity index (χ4n) is 1.84. The summed E-state index contributed by atoms with van der Waals surface area (Å²) in [7, 11) is 0. The van der Waals surface area contributed by atoms with Crippen molar-refractivity contribution in [1.29, 1.82) is 0 Å². The zero-order chi connectivity index (χ0) is 13.8. The Morgan fingerprint density at radius 3 is 2.11 bits per heavy atom. The number of phenolic OH excluding ortho intramolecular Hbond substituents is 1. The topological polar surface area (TPSA) is 23.5 Å². The van der Waals surface area contributed by atoms with E-state index >= 15 is 0 Å². The standard InChI is InChI=1S/C14H23NOS2/c1-14(2,3)11-4-5-13(16)12(10-11)15(6-8-17)7-9-18/h4-5,10,16-18H,6-9H2,1-3H3. The van der Waals surface area contributed by atoms with Gasteiger partial charge in [-0.3, -0.25) is 0 Å². The van der Waals surface area contributed by atoms with E-state index in [0.717, 1.165) is 30.3 Å². The highest BCUT2D eigenvalue weighted by molar-refractivity contribution is 7.80. The van der Waals surface area contributed by atoms with Gasteiger partial charge >= 0.3 is 0 Å². The molecule has 0 atom stereocenters. The van der Waals surface area contributed by atoms with E-state index in [1.54, 1.807) is 6.07 Å². The van der Waals surface area contributed by atoms with Crippen LogP contribution in [0.25, 0.3) is 0 Å². The van der Waals surface area contributed by atoms with Gasteiger partial charge in [0.25, 0.3) is 0 Å². The molecule has 1 rings (SSSR count). The van der Waals surface area contributed by atoms with Crippen molar-refractivity contribution in [3.05, 3.63) is 23.8 Å². The van der Waals surface area contributed by atoms with E-state index < -0.39 is 0 Å². The highest BCUT2D eigenvalue weighted by Gasteiger charge is 2.17. The Kier molecular flexibility index (Phi) is 5.73. The molecule has 0 aliphatic carbocycles. The van der Waals surface area contributed by atoms with Gasteiger partial charge in [-0.1, -0.05) is 26.8 Å². The van der Waals surface area contributed by atoms with Crippen molar-refractivity contribution < 1.29 is 5.11 Å². The van der Waals surface area contributed by atoms with Crippen LogP contribution in [0.5, 0.6) is 5.75 Å². The number of hydrogen-bond donors (Lipinski definition) is 3. The first-order chi connectivity index (χ1) is 8.40. The average Bonchev–Trinajstić information content (AvgIpc) is 2.28. The summed E-state index contributed by atoms with van der Waals surface area (Å²) < 4.78 is 0. The van der Waals surface area contributed by atoms with Crippen molar-refractivity contribution in [3.8, 4) is 5.75 Å². The SMILES string of the molecule is CC(C)(C)c1ccc(O)c(N(CCS)CCS)c1. The number of phenols is 1. The number of hydrogen-bond acceptors (Lipinski definition) is 4. The Labute approximate surface area is 121 Å². The van der Waals surface area contributed by atoms with Gasteiger partial charge in [0, 0.05) is 24.6 Å². The number of thiol groups is 2. The third-order valence-corrected chi connectivity index (χ3v) is 3.32. The summed E-state index contributed by atoms with van der Waals surface area (Å²) in [5.74, 6) is 1.84. The molecule has 1 N–H and O–H groups in total. The maximum absolute atomic E-state index is 10.0. The van der Waals surface area contributed by atoms with E-state index in [-0.39, 0.29) is 5.41 Å². The number of aromatic hydroxyl groups is 1. The summed E-state index contributed by atoms with van der Waals surface area (Å²) in [4.78, 5) is 2.13. The third-order valence-electron chi connectivity index (χ3n) is 2.92. The maximum atomic E-state index is 10.0. The van der Waals surface area contributed by atoms with Crippen LogP contribution >= 0.6 is 25.3 Å². The molecule has 102 valence electrons. The largest absolute Gasteiger partial charge is 0.506 e. The summed E-state index contributed by atoms with van der Waals surface area (Å²) >= 11 is 8.54. The summed E-state index contributed by atoms with van der Waals surface area (Å²) in [6, 6.07) is 5.83. The second-order valence-corrected chi connectivity index (χ2v) is 6.28. The second-order valence-electron chi connectivity index (χ2n) is 5.39. The van der Waals surface area contributed by atoms with Crippen LogP contribution in [-0.4, -0.2) is 29.7 Å². The second kappa shape index (κ2) is 6.62. The van der Waals surface area contributed by atoms with Crippen LogP contribution in [0.2, 0.25) is 0 Å². The first kappa shape index (κ1) is 15.6. The molecule has 4 heteroatoms. The molecule has 0 heterocycles. The molecule has 0 fully saturated rings. The minimum absolute atomic E-state index is 0.0794. The van der Waals surface area contributed by atoms with Gasteiger partial charge in [0.1, 0.15) is 5.75 Å². The fraction of sp³-hybridized carbons (Fsp3) is 0.571. The molecule has 0 saturated heterocycles. The normalized spacial score (nSPS) is 11.6. The van der Waals surface area contributed by atoms with Crippen molar-refractivity contribution in [1.82, 2.24) is 0 Å². The van der Waals surface area contributed by atoms with Gasteiger partial charge in [0.2, 0.25) is 0 Å². The smallest absolute Gasteiger partial charge is 0.138 e. The average molecular weight is 285 g/mol. The highest BCUT2D eigenvalue weighted by Crippen LogP contribution is 2.33. The number of benzene rings is 1. The predicted octanol–water partition coefficient (Wildman–Crippen LogP) is 3.36. The van der Waals surface area contributed by atoms with Gasteiger partial charge in [-0.15, -0.1) is 0 Å². The molecule has 0 unspecified atom stereocenters. The van der Waals surface area contributed by atoms with E-state index in [2.05, 4.69) is 57.0 Å². The van der Waals surface area contributed by atoms with Crippen LogP contribution in [0.1, 0.15) is 26.3 Å². The fourth-order valence-corrected chi connectivity index (χ4v) is 2.32. The van der Waals surface area contributed by atoms with Gasteiger partial charge in [-0.05, 0) is 23.1 Å². The zero-order valence-corrected chi connectivity index (χ0v) is 13.1. The monoisotopic (exact) mass is 285 g/mol. The van der Waals surface area contributed by atoms with E-state index in [9.17, 15) is 5.11 Å². The molecule has 0 aromatic heterocycles. The molecular formula is C14H23NOS2. The molecular weight excluding hydrogens is 262 g/mol. The van der Waals surface area contributed by atoms with Gasteiger partial charge < -0.3 is 10.0 Å². The lowest BCUT2D eigenvalue weighted by atomic mass is 9.86. The molecule has 1 aromatic carbocycles. The van der Waals surface area contributed by atoms with Crippen LogP contribution in [0, 0.1) is 0 Å². The van der Waals surface area contributed by atoms with Gasteiger partial charge in [-0.25, -0.2) is 0 Å². The molecule has 0 radical (unpaired) electrons.